The van der Waals surface area contributed by atoms with Gasteiger partial charge >= 0.3 is 0 Å². The fraction of sp³-hybridized carbons (Fsp3) is 0.467. The quantitative estimate of drug-likeness (QED) is 0.900. The molecular formula is C15H18BrN3O. The molecule has 1 fully saturated rings. The van der Waals surface area contributed by atoms with Crippen molar-refractivity contribution in [3.63, 3.8) is 0 Å². The van der Waals surface area contributed by atoms with E-state index in [2.05, 4.69) is 38.3 Å². The van der Waals surface area contributed by atoms with Crippen molar-refractivity contribution in [2.24, 2.45) is 0 Å². The SMILES string of the molecule is Cc1ccc(-c2nc(C3CCCCCN3)no2)cc1Br. The topological polar surface area (TPSA) is 51.0 Å². The van der Waals surface area contributed by atoms with Crippen molar-refractivity contribution in [1.82, 2.24) is 15.5 Å². The van der Waals surface area contributed by atoms with E-state index in [1.54, 1.807) is 0 Å². The first kappa shape index (κ1) is 13.8. The number of hydrogen-bond donors (Lipinski definition) is 1. The molecule has 0 bridgehead atoms. The summed E-state index contributed by atoms with van der Waals surface area (Å²) in [5.41, 5.74) is 2.15. The Kier molecular flexibility index (Phi) is 4.17. The van der Waals surface area contributed by atoms with Gasteiger partial charge in [-0.2, -0.15) is 4.98 Å². The highest BCUT2D eigenvalue weighted by molar-refractivity contribution is 9.10. The van der Waals surface area contributed by atoms with E-state index in [4.69, 9.17) is 4.52 Å². The number of halogens is 1. The molecule has 1 aliphatic heterocycles. The third-order valence-corrected chi connectivity index (χ3v) is 4.59. The van der Waals surface area contributed by atoms with E-state index in [-0.39, 0.29) is 6.04 Å². The average Bonchev–Trinajstić information content (AvgIpc) is 2.78. The summed E-state index contributed by atoms with van der Waals surface area (Å²) >= 11 is 3.53. The molecule has 3 rings (SSSR count). The molecule has 2 aromatic rings. The molecule has 0 radical (unpaired) electrons. The van der Waals surface area contributed by atoms with Crippen molar-refractivity contribution >= 4 is 15.9 Å². The Hall–Kier alpha value is -1.20. The standard InChI is InChI=1S/C15H18BrN3O/c1-10-6-7-11(9-12(10)16)15-18-14(19-20-15)13-5-3-2-4-8-17-13/h6-7,9,13,17H,2-5,8H2,1H3. The summed E-state index contributed by atoms with van der Waals surface area (Å²) < 4.78 is 6.48. The zero-order chi connectivity index (χ0) is 13.9. The van der Waals surface area contributed by atoms with Crippen LogP contribution >= 0.6 is 15.9 Å². The van der Waals surface area contributed by atoms with E-state index in [1.165, 1.54) is 24.8 Å². The minimum atomic E-state index is 0.226. The second-order valence-electron chi connectivity index (χ2n) is 5.28. The van der Waals surface area contributed by atoms with Crippen molar-refractivity contribution in [2.45, 2.75) is 38.6 Å². The Bertz CT molecular complexity index is 589. The third kappa shape index (κ3) is 2.94. The van der Waals surface area contributed by atoms with Crippen molar-refractivity contribution in [3.05, 3.63) is 34.1 Å². The molecule has 5 heteroatoms. The van der Waals surface area contributed by atoms with E-state index in [9.17, 15) is 0 Å². The second-order valence-corrected chi connectivity index (χ2v) is 6.13. The van der Waals surface area contributed by atoms with Crippen LogP contribution in [0.15, 0.2) is 27.2 Å². The molecule has 1 aromatic carbocycles. The smallest absolute Gasteiger partial charge is 0.258 e. The van der Waals surface area contributed by atoms with Crippen LogP contribution in [-0.2, 0) is 0 Å². The summed E-state index contributed by atoms with van der Waals surface area (Å²) in [4.78, 5) is 4.56. The molecule has 1 unspecified atom stereocenters. The van der Waals surface area contributed by atoms with Gasteiger partial charge in [0.05, 0.1) is 6.04 Å². The Morgan fingerprint density at radius 2 is 2.20 bits per heavy atom. The van der Waals surface area contributed by atoms with Crippen LogP contribution in [0.25, 0.3) is 11.5 Å². The fourth-order valence-corrected chi connectivity index (χ4v) is 2.85. The first-order valence-electron chi connectivity index (χ1n) is 7.07. The average molecular weight is 336 g/mol. The van der Waals surface area contributed by atoms with Gasteiger partial charge in [-0.05, 0) is 44.0 Å². The maximum Gasteiger partial charge on any atom is 0.258 e. The number of aryl methyl sites for hydroxylation is 1. The number of hydrogen-bond acceptors (Lipinski definition) is 4. The number of rotatable bonds is 2. The van der Waals surface area contributed by atoms with Gasteiger partial charge in [-0.1, -0.05) is 40.0 Å². The highest BCUT2D eigenvalue weighted by Crippen LogP contribution is 2.27. The summed E-state index contributed by atoms with van der Waals surface area (Å²) in [6.07, 6.45) is 4.80. The summed E-state index contributed by atoms with van der Waals surface area (Å²) in [5, 5.41) is 7.63. The molecule has 0 spiro atoms. The second kappa shape index (κ2) is 6.06. The predicted molar refractivity (Wildman–Crippen MR) is 81.4 cm³/mol. The largest absolute Gasteiger partial charge is 0.334 e. The van der Waals surface area contributed by atoms with Crippen LogP contribution in [0.2, 0.25) is 0 Å². The van der Waals surface area contributed by atoms with E-state index in [0.29, 0.717) is 5.89 Å². The van der Waals surface area contributed by atoms with Gasteiger partial charge in [-0.3, -0.25) is 0 Å². The lowest BCUT2D eigenvalue weighted by Gasteiger charge is -2.09. The van der Waals surface area contributed by atoms with Gasteiger partial charge in [0, 0.05) is 10.0 Å². The molecule has 2 heterocycles. The zero-order valence-corrected chi connectivity index (χ0v) is 13.1. The Balaban J connectivity index is 1.83. The van der Waals surface area contributed by atoms with E-state index in [1.807, 2.05) is 18.2 Å². The lowest BCUT2D eigenvalue weighted by molar-refractivity contribution is 0.402. The molecule has 4 nitrogen and oxygen atoms in total. The lowest BCUT2D eigenvalue weighted by Crippen LogP contribution is -2.21. The molecule has 1 N–H and O–H groups in total. The minimum Gasteiger partial charge on any atom is -0.334 e. The van der Waals surface area contributed by atoms with Crippen molar-refractivity contribution in [2.75, 3.05) is 6.54 Å². The molecule has 0 saturated carbocycles. The minimum absolute atomic E-state index is 0.226. The van der Waals surface area contributed by atoms with Gasteiger partial charge in [0.2, 0.25) is 0 Å². The van der Waals surface area contributed by atoms with Crippen LogP contribution in [0.3, 0.4) is 0 Å². The van der Waals surface area contributed by atoms with Gasteiger partial charge < -0.3 is 9.84 Å². The normalized spacial score (nSPS) is 19.8. The van der Waals surface area contributed by atoms with Crippen molar-refractivity contribution in [3.8, 4) is 11.5 Å². The molecule has 0 aliphatic carbocycles. The summed E-state index contributed by atoms with van der Waals surface area (Å²) in [6, 6.07) is 6.31. The number of aromatic nitrogens is 2. The van der Waals surface area contributed by atoms with Gasteiger partial charge in [-0.25, -0.2) is 0 Å². The van der Waals surface area contributed by atoms with E-state index < -0.39 is 0 Å². The number of nitrogens with one attached hydrogen (secondary N) is 1. The first-order valence-corrected chi connectivity index (χ1v) is 7.87. The van der Waals surface area contributed by atoms with Crippen LogP contribution in [0.1, 0.15) is 43.1 Å². The van der Waals surface area contributed by atoms with Gasteiger partial charge in [-0.15, -0.1) is 0 Å². The van der Waals surface area contributed by atoms with Crippen LogP contribution < -0.4 is 5.32 Å². The monoisotopic (exact) mass is 335 g/mol. The zero-order valence-electron chi connectivity index (χ0n) is 11.5. The Morgan fingerprint density at radius 1 is 1.30 bits per heavy atom. The highest BCUT2D eigenvalue weighted by atomic mass is 79.9. The summed E-state index contributed by atoms with van der Waals surface area (Å²) in [5.74, 6) is 1.37. The highest BCUT2D eigenvalue weighted by Gasteiger charge is 2.20. The molecular weight excluding hydrogens is 318 g/mol. The van der Waals surface area contributed by atoms with E-state index in [0.717, 1.165) is 28.8 Å². The van der Waals surface area contributed by atoms with Crippen LogP contribution in [-0.4, -0.2) is 16.7 Å². The summed E-state index contributed by atoms with van der Waals surface area (Å²) in [7, 11) is 0. The molecule has 1 aliphatic rings. The van der Waals surface area contributed by atoms with Crippen LogP contribution in [0.4, 0.5) is 0 Å². The van der Waals surface area contributed by atoms with E-state index >= 15 is 0 Å². The van der Waals surface area contributed by atoms with Gasteiger partial charge in [0.25, 0.3) is 5.89 Å². The molecule has 106 valence electrons. The van der Waals surface area contributed by atoms with Gasteiger partial charge in [0.1, 0.15) is 0 Å². The first-order chi connectivity index (χ1) is 9.74. The lowest BCUT2D eigenvalue weighted by atomic mass is 10.1. The van der Waals surface area contributed by atoms with Crippen molar-refractivity contribution in [1.29, 1.82) is 0 Å². The van der Waals surface area contributed by atoms with Crippen molar-refractivity contribution < 1.29 is 4.52 Å². The van der Waals surface area contributed by atoms with Crippen LogP contribution in [0, 0.1) is 6.92 Å². The summed E-state index contributed by atoms with van der Waals surface area (Å²) in [6.45, 7) is 3.09. The Morgan fingerprint density at radius 3 is 3.05 bits per heavy atom. The maximum atomic E-state index is 5.42. The van der Waals surface area contributed by atoms with Gasteiger partial charge in [0.15, 0.2) is 5.82 Å². The fourth-order valence-electron chi connectivity index (χ4n) is 2.47. The molecule has 1 saturated heterocycles. The molecule has 20 heavy (non-hydrogen) atoms. The number of nitrogens with zero attached hydrogens (tertiary/aromatic N) is 2. The third-order valence-electron chi connectivity index (χ3n) is 3.73. The molecule has 0 amide bonds. The molecule has 1 aromatic heterocycles. The predicted octanol–water partition coefficient (Wildman–Crippen LogP) is 4.01. The Labute approximate surface area is 127 Å². The maximum absolute atomic E-state index is 5.42. The molecule has 1 atom stereocenters. The number of benzene rings is 1. The van der Waals surface area contributed by atoms with Crippen LogP contribution in [0.5, 0.6) is 0 Å².